The normalized spacial score (nSPS) is 20.1. The molecule has 0 aromatic heterocycles. The first-order chi connectivity index (χ1) is 9.10. The zero-order chi connectivity index (χ0) is 14.1. The van der Waals surface area contributed by atoms with Crippen LogP contribution in [0.3, 0.4) is 0 Å². The van der Waals surface area contributed by atoms with E-state index in [1.165, 1.54) is 25.7 Å². The maximum atomic E-state index is 9.84. The van der Waals surface area contributed by atoms with Gasteiger partial charge in [0, 0.05) is 25.2 Å². The first-order valence-electron chi connectivity index (χ1n) is 7.74. The maximum Gasteiger partial charge on any atom is 0.0897 e. The number of aliphatic hydroxyl groups is 1. The van der Waals surface area contributed by atoms with Crippen LogP contribution in [0.5, 0.6) is 0 Å². The third kappa shape index (κ3) is 5.78. The van der Waals surface area contributed by atoms with Crippen molar-refractivity contribution in [2.45, 2.75) is 57.1 Å². The first-order valence-corrected chi connectivity index (χ1v) is 7.74. The second-order valence-electron chi connectivity index (χ2n) is 6.04. The minimum atomic E-state index is -0.391. The number of aliphatic hydroxyl groups excluding tert-OH is 1. The second kappa shape index (κ2) is 8.90. The molecule has 1 saturated carbocycles. The zero-order valence-electron chi connectivity index (χ0n) is 13.0. The highest BCUT2D eigenvalue weighted by Crippen LogP contribution is 2.32. The van der Waals surface area contributed by atoms with Crippen LogP contribution in [0.4, 0.5) is 0 Å². The molecule has 0 heterocycles. The molecule has 19 heavy (non-hydrogen) atoms. The zero-order valence-corrected chi connectivity index (χ0v) is 13.0. The van der Waals surface area contributed by atoms with Gasteiger partial charge >= 0.3 is 0 Å². The van der Waals surface area contributed by atoms with Gasteiger partial charge in [0.2, 0.25) is 0 Å². The molecule has 0 spiro atoms. The third-order valence-corrected chi connectivity index (χ3v) is 4.27. The molecule has 0 radical (unpaired) electrons. The fourth-order valence-electron chi connectivity index (χ4n) is 2.81. The lowest BCUT2D eigenvalue weighted by molar-refractivity contribution is 0.0335. The largest absolute Gasteiger partial charge is 0.389 e. The molecule has 1 aliphatic rings. The van der Waals surface area contributed by atoms with Gasteiger partial charge in [-0.05, 0) is 33.4 Å². The van der Waals surface area contributed by atoms with E-state index in [1.807, 2.05) is 0 Å². The fourth-order valence-corrected chi connectivity index (χ4v) is 2.81. The van der Waals surface area contributed by atoms with E-state index in [2.05, 4.69) is 31.2 Å². The van der Waals surface area contributed by atoms with Crippen molar-refractivity contribution >= 4 is 0 Å². The van der Waals surface area contributed by atoms with Gasteiger partial charge in [-0.2, -0.15) is 0 Å². The minimum Gasteiger partial charge on any atom is -0.389 e. The highest BCUT2D eigenvalue weighted by Gasteiger charge is 2.35. The van der Waals surface area contributed by atoms with Gasteiger partial charge in [-0.25, -0.2) is 0 Å². The number of hydrogen-bond donors (Lipinski definition) is 2. The number of unbranched alkanes of at least 4 members (excludes halogenated alkanes) is 1. The summed E-state index contributed by atoms with van der Waals surface area (Å²) in [7, 11) is 4.33. The van der Waals surface area contributed by atoms with Crippen molar-refractivity contribution in [3.05, 3.63) is 0 Å². The van der Waals surface area contributed by atoms with E-state index in [0.29, 0.717) is 18.7 Å². The summed E-state index contributed by atoms with van der Waals surface area (Å²) in [4.78, 5) is 2.34. The lowest BCUT2D eigenvalue weighted by atomic mass is 9.96. The number of nitrogens with one attached hydrogen (secondary N) is 1. The molecule has 0 aliphatic heterocycles. The molecule has 1 rings (SSSR count). The molecule has 0 aromatic rings. The molecule has 0 bridgehead atoms. The van der Waals surface area contributed by atoms with Crippen molar-refractivity contribution in [3.8, 4) is 0 Å². The molecule has 1 aliphatic carbocycles. The monoisotopic (exact) mass is 272 g/mol. The Hall–Kier alpha value is -0.160. The van der Waals surface area contributed by atoms with Crippen LogP contribution in [-0.4, -0.2) is 62.0 Å². The van der Waals surface area contributed by atoms with Crippen molar-refractivity contribution < 1.29 is 9.84 Å². The molecule has 114 valence electrons. The minimum absolute atomic E-state index is 0.294. The molecule has 1 fully saturated rings. The summed E-state index contributed by atoms with van der Waals surface area (Å²) in [5.41, 5.74) is 0.294. The maximum absolute atomic E-state index is 9.84. The Bertz CT molecular complexity index is 228. The number of hydrogen-bond acceptors (Lipinski definition) is 4. The Labute approximate surface area is 118 Å². The van der Waals surface area contributed by atoms with E-state index in [9.17, 15) is 5.11 Å². The Balaban J connectivity index is 2.14. The van der Waals surface area contributed by atoms with Gasteiger partial charge in [0.05, 0.1) is 12.7 Å². The van der Waals surface area contributed by atoms with Gasteiger partial charge in [-0.15, -0.1) is 0 Å². The number of rotatable bonds is 10. The molecule has 0 aromatic carbocycles. The van der Waals surface area contributed by atoms with Crippen LogP contribution in [-0.2, 0) is 4.74 Å². The van der Waals surface area contributed by atoms with Gasteiger partial charge in [0.1, 0.15) is 0 Å². The fraction of sp³-hybridized carbons (Fsp3) is 1.00. The quantitative estimate of drug-likeness (QED) is 0.593. The molecule has 0 saturated heterocycles. The predicted molar refractivity (Wildman–Crippen MR) is 79.5 cm³/mol. The number of ether oxygens (including phenoxy) is 1. The van der Waals surface area contributed by atoms with E-state index in [1.54, 1.807) is 0 Å². The van der Waals surface area contributed by atoms with E-state index in [0.717, 1.165) is 26.0 Å². The van der Waals surface area contributed by atoms with Crippen LogP contribution in [0.15, 0.2) is 0 Å². The van der Waals surface area contributed by atoms with E-state index < -0.39 is 6.10 Å². The van der Waals surface area contributed by atoms with E-state index >= 15 is 0 Å². The van der Waals surface area contributed by atoms with Crippen molar-refractivity contribution in [1.29, 1.82) is 0 Å². The Kier molecular flexibility index (Phi) is 7.91. The molecule has 0 amide bonds. The molecule has 4 nitrogen and oxygen atoms in total. The summed E-state index contributed by atoms with van der Waals surface area (Å²) in [5, 5.41) is 13.3. The average Bonchev–Trinajstić information content (AvgIpc) is 2.85. The Morgan fingerprint density at radius 3 is 2.58 bits per heavy atom. The molecule has 2 N–H and O–H groups in total. The molecule has 1 unspecified atom stereocenters. The molecule has 1 atom stereocenters. The van der Waals surface area contributed by atoms with Crippen molar-refractivity contribution in [2.24, 2.45) is 0 Å². The highest BCUT2D eigenvalue weighted by molar-refractivity contribution is 4.94. The molecular weight excluding hydrogens is 240 g/mol. The van der Waals surface area contributed by atoms with Crippen LogP contribution in [0, 0.1) is 0 Å². The van der Waals surface area contributed by atoms with Crippen LogP contribution < -0.4 is 5.32 Å². The summed E-state index contributed by atoms with van der Waals surface area (Å²) in [6.07, 6.45) is 6.98. The average molecular weight is 272 g/mol. The van der Waals surface area contributed by atoms with Gasteiger partial charge in [-0.3, -0.25) is 0 Å². The summed E-state index contributed by atoms with van der Waals surface area (Å²) in [6.45, 7) is 4.94. The standard InChI is InChI=1S/C15H32N2O2/c1-4-5-10-19-12-14(18)11-16-13-15(17(2)3)8-6-7-9-15/h14,16,18H,4-13H2,1-3H3. The molecular formula is C15H32N2O2. The summed E-state index contributed by atoms with van der Waals surface area (Å²) in [5.74, 6) is 0. The third-order valence-electron chi connectivity index (χ3n) is 4.27. The van der Waals surface area contributed by atoms with Crippen molar-refractivity contribution in [3.63, 3.8) is 0 Å². The summed E-state index contributed by atoms with van der Waals surface area (Å²) in [6, 6.07) is 0. The highest BCUT2D eigenvalue weighted by atomic mass is 16.5. The lowest BCUT2D eigenvalue weighted by Gasteiger charge is -2.37. The van der Waals surface area contributed by atoms with Gasteiger partial charge in [0.25, 0.3) is 0 Å². The van der Waals surface area contributed by atoms with Crippen LogP contribution in [0.25, 0.3) is 0 Å². The lowest BCUT2D eigenvalue weighted by Crippen LogP contribution is -2.50. The number of nitrogens with zero attached hydrogens (tertiary/aromatic N) is 1. The van der Waals surface area contributed by atoms with Gasteiger partial charge in [-0.1, -0.05) is 26.2 Å². The van der Waals surface area contributed by atoms with E-state index in [-0.39, 0.29) is 0 Å². The summed E-state index contributed by atoms with van der Waals surface area (Å²) < 4.78 is 5.43. The Morgan fingerprint density at radius 1 is 1.32 bits per heavy atom. The van der Waals surface area contributed by atoms with Crippen molar-refractivity contribution in [2.75, 3.05) is 40.4 Å². The van der Waals surface area contributed by atoms with Crippen molar-refractivity contribution in [1.82, 2.24) is 10.2 Å². The smallest absolute Gasteiger partial charge is 0.0897 e. The predicted octanol–water partition coefficient (Wildman–Crippen LogP) is 1.63. The van der Waals surface area contributed by atoms with Gasteiger partial charge < -0.3 is 20.1 Å². The number of likely N-dealkylation sites (N-methyl/N-ethyl adjacent to an activating group) is 1. The Morgan fingerprint density at radius 2 is 2.00 bits per heavy atom. The molecule has 4 heteroatoms. The van der Waals surface area contributed by atoms with Crippen LogP contribution in [0.1, 0.15) is 45.4 Å². The second-order valence-corrected chi connectivity index (χ2v) is 6.04. The van der Waals surface area contributed by atoms with E-state index in [4.69, 9.17) is 4.74 Å². The van der Waals surface area contributed by atoms with Crippen LogP contribution in [0.2, 0.25) is 0 Å². The van der Waals surface area contributed by atoms with Gasteiger partial charge in [0.15, 0.2) is 0 Å². The summed E-state index contributed by atoms with van der Waals surface area (Å²) >= 11 is 0. The SMILES string of the molecule is CCCCOCC(O)CNCC1(N(C)C)CCCC1. The van der Waals surface area contributed by atoms with Crippen LogP contribution >= 0.6 is 0 Å². The first kappa shape index (κ1) is 16.9. The topological polar surface area (TPSA) is 44.7 Å².